The molecule has 1 unspecified atom stereocenters. The van der Waals surface area contributed by atoms with Crippen molar-refractivity contribution in [2.45, 2.75) is 26.2 Å². The highest BCUT2D eigenvalue weighted by Gasteiger charge is 2.45. The molecule has 0 aliphatic carbocycles. The molecule has 0 spiro atoms. The fourth-order valence-corrected chi connectivity index (χ4v) is 19.0. The van der Waals surface area contributed by atoms with Crippen molar-refractivity contribution in [2.75, 3.05) is 0 Å². The van der Waals surface area contributed by atoms with Crippen LogP contribution >= 0.6 is 0 Å². The third-order valence-electron chi connectivity index (χ3n) is 12.2. The van der Waals surface area contributed by atoms with E-state index in [0.717, 1.165) is 22.8 Å². The van der Waals surface area contributed by atoms with Gasteiger partial charge in [-0.05, 0) is 78.5 Å². The maximum atomic E-state index is 5.92. The topological polar surface area (TPSA) is 17.8 Å². The van der Waals surface area contributed by atoms with Crippen LogP contribution in [-0.4, -0.2) is 25.7 Å². The van der Waals surface area contributed by atoms with E-state index in [-0.39, 0.29) is 0 Å². The van der Waals surface area contributed by atoms with E-state index in [0.29, 0.717) is 5.92 Å². The van der Waals surface area contributed by atoms with Crippen molar-refractivity contribution in [3.63, 3.8) is 0 Å². The molecule has 0 N–H and O–H groups in total. The number of rotatable bonds is 10. The summed E-state index contributed by atoms with van der Waals surface area (Å²) in [5.41, 5.74) is 4.87. The van der Waals surface area contributed by atoms with Crippen molar-refractivity contribution >= 4 is 79.7 Å². The fraction of sp³-hybridized carbons (Fsp3) is 0.0962. The summed E-state index contributed by atoms with van der Waals surface area (Å²) in [7, 11) is -3.48. The predicted molar refractivity (Wildman–Crippen MR) is 244 cm³/mol. The third-order valence-corrected chi connectivity index (χ3v) is 21.7. The van der Waals surface area contributed by atoms with Gasteiger partial charge in [0.25, 0.3) is 0 Å². The number of benzene rings is 7. The zero-order chi connectivity index (χ0) is 38.1. The summed E-state index contributed by atoms with van der Waals surface area (Å²) in [4.78, 5) is 5.92. The number of nitrogens with zero attached hydrogens (tertiary/aromatic N) is 2. The van der Waals surface area contributed by atoms with Crippen LogP contribution in [0.5, 0.6) is 0 Å². The molecule has 0 aliphatic rings. The molecule has 2 nitrogen and oxygen atoms in total. The molecule has 1 atom stereocenters. The summed E-state index contributed by atoms with van der Waals surface area (Å²) in [6, 6.07) is 77.1. The Labute approximate surface area is 332 Å². The molecule has 2 heterocycles. The third kappa shape index (κ3) is 5.63. The van der Waals surface area contributed by atoms with E-state index in [9.17, 15) is 0 Å². The molecule has 2 aromatic heterocycles. The number of pyridine rings is 1. The summed E-state index contributed by atoms with van der Waals surface area (Å²) in [6.45, 7) is 4.73. The number of fused-ring (bicyclic) bond motifs is 3. The zero-order valence-electron chi connectivity index (χ0n) is 32.3. The molecular weight excluding hydrogens is 709 g/mol. The largest absolute Gasteiger partial charge is 0.342 e. The lowest BCUT2D eigenvalue weighted by Crippen LogP contribution is -2.75. The lowest BCUT2D eigenvalue weighted by atomic mass is 9.97. The van der Waals surface area contributed by atoms with Gasteiger partial charge in [-0.1, -0.05) is 196 Å². The Bertz CT molecular complexity index is 2540. The van der Waals surface area contributed by atoms with Gasteiger partial charge >= 0.3 is 0 Å². The van der Waals surface area contributed by atoms with Crippen LogP contribution in [0.4, 0.5) is 0 Å². The minimum absolute atomic E-state index is 0.355. The molecule has 0 saturated heterocycles. The summed E-state index contributed by atoms with van der Waals surface area (Å²) in [5, 5.41) is 11.9. The standard InChI is InChI=1S/C52H46N2Si2/c1-4-39(2)46-37-49-47(38-50(46)55(40-23-11-5-12-24-40,41-25-13-6-14-26-41)42-27-15-7-16-28-42)52-48(54(49)3)35-36-51(53-52)56(43-29-17-8-18-30-43,44-31-19-9-20-32-44)45-33-21-10-22-34-45/h5-39H,4H2,1-3H3. The normalized spacial score (nSPS) is 12.6. The van der Waals surface area contributed by atoms with E-state index in [1.807, 2.05) is 0 Å². The summed E-state index contributed by atoms with van der Waals surface area (Å²) >= 11 is 0. The first-order valence-electron chi connectivity index (χ1n) is 19.9. The zero-order valence-corrected chi connectivity index (χ0v) is 34.3. The van der Waals surface area contributed by atoms with Crippen LogP contribution in [0.2, 0.25) is 0 Å². The average molecular weight is 755 g/mol. The van der Waals surface area contributed by atoms with Crippen molar-refractivity contribution in [3.8, 4) is 0 Å². The molecule has 0 saturated carbocycles. The van der Waals surface area contributed by atoms with Crippen LogP contribution in [-0.2, 0) is 7.05 Å². The van der Waals surface area contributed by atoms with E-state index in [4.69, 9.17) is 4.98 Å². The second kappa shape index (κ2) is 14.9. The van der Waals surface area contributed by atoms with Crippen LogP contribution < -0.4 is 41.6 Å². The number of aryl methyl sites for hydroxylation is 1. The van der Waals surface area contributed by atoms with E-state index in [1.54, 1.807) is 0 Å². The second-order valence-corrected chi connectivity index (χ2v) is 22.6. The number of aromatic nitrogens is 2. The molecule has 7 aromatic carbocycles. The Hall–Kier alpha value is -6.08. The van der Waals surface area contributed by atoms with Gasteiger partial charge in [-0.3, -0.25) is 4.98 Å². The summed E-state index contributed by atoms with van der Waals surface area (Å²) in [5.74, 6) is 0.355. The Morgan fingerprint density at radius 1 is 0.464 bits per heavy atom. The van der Waals surface area contributed by atoms with Crippen LogP contribution in [0, 0.1) is 0 Å². The molecule has 9 rings (SSSR count). The molecule has 272 valence electrons. The van der Waals surface area contributed by atoms with Gasteiger partial charge in [0.1, 0.15) is 0 Å². The molecule has 0 bridgehead atoms. The van der Waals surface area contributed by atoms with Gasteiger partial charge in [0.15, 0.2) is 8.07 Å². The van der Waals surface area contributed by atoms with Crippen molar-refractivity contribution in [1.82, 2.24) is 9.55 Å². The highest BCUT2D eigenvalue weighted by atomic mass is 28.3. The molecule has 9 aromatic rings. The molecule has 4 heteroatoms. The van der Waals surface area contributed by atoms with Crippen molar-refractivity contribution in [3.05, 3.63) is 212 Å². The molecule has 0 fully saturated rings. The first-order valence-corrected chi connectivity index (χ1v) is 23.9. The van der Waals surface area contributed by atoms with E-state index >= 15 is 0 Å². The van der Waals surface area contributed by atoms with Gasteiger partial charge < -0.3 is 4.57 Å². The van der Waals surface area contributed by atoms with Gasteiger partial charge in [0, 0.05) is 17.8 Å². The van der Waals surface area contributed by atoms with Crippen LogP contribution in [0.3, 0.4) is 0 Å². The van der Waals surface area contributed by atoms with Gasteiger partial charge in [-0.25, -0.2) is 0 Å². The molecule has 0 amide bonds. The quantitative estimate of drug-likeness (QED) is 0.109. The minimum Gasteiger partial charge on any atom is -0.342 e. The minimum atomic E-state index is -2.86. The van der Waals surface area contributed by atoms with Gasteiger partial charge in [-0.15, -0.1) is 0 Å². The lowest BCUT2D eigenvalue weighted by molar-refractivity contribution is 0.738. The van der Waals surface area contributed by atoms with E-state index < -0.39 is 16.1 Å². The van der Waals surface area contributed by atoms with Gasteiger partial charge in [-0.2, -0.15) is 0 Å². The van der Waals surface area contributed by atoms with E-state index in [1.165, 1.54) is 52.8 Å². The summed E-state index contributed by atoms with van der Waals surface area (Å²) < 4.78 is 2.38. The highest BCUT2D eigenvalue weighted by molar-refractivity contribution is 7.20. The monoisotopic (exact) mass is 754 g/mol. The first-order chi connectivity index (χ1) is 27.6. The Morgan fingerprint density at radius 3 is 1.21 bits per heavy atom. The fourth-order valence-electron chi connectivity index (χ4n) is 9.32. The Kier molecular flexibility index (Phi) is 9.46. The van der Waals surface area contributed by atoms with Crippen LogP contribution in [0.25, 0.3) is 21.9 Å². The van der Waals surface area contributed by atoms with Gasteiger partial charge in [0.2, 0.25) is 8.07 Å². The molecule has 56 heavy (non-hydrogen) atoms. The SMILES string of the molecule is CCC(C)c1cc2c(cc1[Si](c1ccccc1)(c1ccccc1)c1ccccc1)c1nc([Si](c3ccccc3)(c3ccccc3)c3ccccc3)ccc1n2C. The average Bonchev–Trinajstić information content (AvgIpc) is 3.55. The van der Waals surface area contributed by atoms with Crippen molar-refractivity contribution in [2.24, 2.45) is 7.05 Å². The van der Waals surface area contributed by atoms with Crippen molar-refractivity contribution < 1.29 is 0 Å². The highest BCUT2D eigenvalue weighted by Crippen LogP contribution is 2.31. The summed E-state index contributed by atoms with van der Waals surface area (Å²) in [6.07, 6.45) is 1.05. The Morgan fingerprint density at radius 2 is 0.839 bits per heavy atom. The van der Waals surface area contributed by atoms with Crippen LogP contribution in [0.15, 0.2) is 206 Å². The molecule has 0 aliphatic heterocycles. The maximum Gasteiger partial charge on any atom is 0.201 e. The predicted octanol–water partition coefficient (Wildman–Crippen LogP) is 6.99. The second-order valence-electron chi connectivity index (χ2n) is 15.1. The van der Waals surface area contributed by atoms with Gasteiger partial charge in [0.05, 0.1) is 16.6 Å². The van der Waals surface area contributed by atoms with Crippen molar-refractivity contribution in [1.29, 1.82) is 0 Å². The smallest absolute Gasteiger partial charge is 0.201 e. The maximum absolute atomic E-state index is 5.92. The number of hydrogen-bond donors (Lipinski definition) is 0. The molecular formula is C52H46N2Si2. The Balaban J connectivity index is 1.43. The van der Waals surface area contributed by atoms with E-state index in [2.05, 4.69) is 232 Å². The first kappa shape index (κ1) is 35.6. The lowest BCUT2D eigenvalue weighted by Gasteiger charge is -2.37. The van der Waals surface area contributed by atoms with Crippen LogP contribution in [0.1, 0.15) is 31.7 Å². The molecule has 0 radical (unpaired) electrons. The number of hydrogen-bond acceptors (Lipinski definition) is 1.